The van der Waals surface area contributed by atoms with Gasteiger partial charge in [-0.05, 0) is 47.4 Å². The van der Waals surface area contributed by atoms with Crippen LogP contribution in [-0.4, -0.2) is 11.8 Å². The predicted molar refractivity (Wildman–Crippen MR) is 98.4 cm³/mol. The molecule has 0 aliphatic carbocycles. The van der Waals surface area contributed by atoms with E-state index in [1.165, 1.54) is 5.56 Å². The number of hydrogen-bond acceptors (Lipinski definition) is 3. The Morgan fingerprint density at radius 1 is 0.920 bits per heavy atom. The fourth-order valence-electron chi connectivity index (χ4n) is 2.24. The van der Waals surface area contributed by atoms with Crippen LogP contribution >= 0.6 is 0 Å². The lowest BCUT2D eigenvalue weighted by Crippen LogP contribution is -2.14. The van der Waals surface area contributed by atoms with Gasteiger partial charge < -0.3 is 10.6 Å². The van der Waals surface area contributed by atoms with Crippen LogP contribution in [0.2, 0.25) is 0 Å². The highest BCUT2D eigenvalue weighted by Gasteiger charge is 2.14. The largest absolute Gasteiger partial charge is 0.325 e. The van der Waals surface area contributed by atoms with E-state index < -0.39 is 0 Å². The molecule has 0 aliphatic heterocycles. The van der Waals surface area contributed by atoms with E-state index in [0.717, 1.165) is 0 Å². The molecule has 0 saturated carbocycles. The van der Waals surface area contributed by atoms with Gasteiger partial charge in [0.2, 0.25) is 5.91 Å². The van der Waals surface area contributed by atoms with Gasteiger partial charge in [-0.2, -0.15) is 5.26 Å². The number of nitrogens with one attached hydrogen (secondary N) is 2. The lowest BCUT2D eigenvalue weighted by Gasteiger charge is -2.19. The number of carbonyl (C=O) groups is 2. The van der Waals surface area contributed by atoms with Gasteiger partial charge in [0.15, 0.2) is 0 Å². The molecule has 25 heavy (non-hydrogen) atoms. The molecule has 2 amide bonds. The van der Waals surface area contributed by atoms with Crippen LogP contribution in [0.5, 0.6) is 0 Å². The number of nitriles is 1. The average molecular weight is 335 g/mol. The second kappa shape index (κ2) is 7.63. The van der Waals surface area contributed by atoms with Crippen LogP contribution in [-0.2, 0) is 10.2 Å². The summed E-state index contributed by atoms with van der Waals surface area (Å²) in [6.07, 6.45) is -0.191. The van der Waals surface area contributed by atoms with Gasteiger partial charge in [0.05, 0.1) is 6.07 Å². The molecule has 0 aliphatic rings. The molecule has 5 heteroatoms. The zero-order valence-corrected chi connectivity index (χ0v) is 14.6. The predicted octanol–water partition coefficient (Wildman–Crippen LogP) is 4.09. The molecule has 2 aromatic carbocycles. The van der Waals surface area contributed by atoms with E-state index in [1.54, 1.807) is 30.3 Å². The van der Waals surface area contributed by atoms with Crippen LogP contribution in [0.25, 0.3) is 0 Å². The molecule has 2 N–H and O–H groups in total. The molecule has 0 saturated heterocycles. The van der Waals surface area contributed by atoms with Crippen molar-refractivity contribution in [2.75, 3.05) is 10.6 Å². The number of nitrogens with zero attached hydrogens (tertiary/aromatic N) is 1. The molecule has 2 aromatic rings. The lowest BCUT2D eigenvalue weighted by atomic mass is 9.87. The van der Waals surface area contributed by atoms with Crippen molar-refractivity contribution in [2.45, 2.75) is 32.6 Å². The Labute approximate surface area is 147 Å². The zero-order valence-electron chi connectivity index (χ0n) is 14.6. The monoisotopic (exact) mass is 335 g/mol. The SMILES string of the molecule is CC(C)(C)c1ccc(C(=O)Nc2ccc(NC(=O)CC#N)cc2)cc1. The number of carbonyl (C=O) groups excluding carboxylic acids is 2. The molecule has 0 fully saturated rings. The lowest BCUT2D eigenvalue weighted by molar-refractivity contribution is -0.115. The van der Waals surface area contributed by atoms with Crippen LogP contribution in [0.4, 0.5) is 11.4 Å². The van der Waals surface area contributed by atoms with Crippen LogP contribution in [0.1, 0.15) is 43.1 Å². The van der Waals surface area contributed by atoms with Gasteiger partial charge in [0.25, 0.3) is 5.91 Å². The molecule has 128 valence electrons. The molecule has 0 aromatic heterocycles. The molecule has 0 spiro atoms. The number of amides is 2. The zero-order chi connectivity index (χ0) is 18.4. The molecule has 0 atom stereocenters. The van der Waals surface area contributed by atoms with Crippen molar-refractivity contribution in [1.82, 2.24) is 0 Å². The standard InChI is InChI=1S/C20H21N3O2/c1-20(2,3)15-6-4-14(5-7-15)19(25)23-17-10-8-16(9-11-17)22-18(24)12-13-21/h4-11H,12H2,1-3H3,(H,22,24)(H,23,25). The van der Waals surface area contributed by atoms with E-state index in [9.17, 15) is 9.59 Å². The number of rotatable bonds is 4. The van der Waals surface area contributed by atoms with Crippen LogP contribution in [0.15, 0.2) is 48.5 Å². The number of benzene rings is 2. The molecule has 2 rings (SSSR count). The normalized spacial score (nSPS) is 10.6. The molecule has 0 radical (unpaired) electrons. The Morgan fingerprint density at radius 3 is 1.92 bits per heavy atom. The van der Waals surface area contributed by atoms with Gasteiger partial charge in [-0.25, -0.2) is 0 Å². The first kappa shape index (κ1) is 18.2. The smallest absolute Gasteiger partial charge is 0.255 e. The van der Waals surface area contributed by atoms with Crippen molar-refractivity contribution in [3.63, 3.8) is 0 Å². The summed E-state index contributed by atoms with van der Waals surface area (Å²) in [5.41, 5.74) is 3.00. The average Bonchev–Trinajstić information content (AvgIpc) is 2.56. The third kappa shape index (κ3) is 5.18. The van der Waals surface area contributed by atoms with Gasteiger partial charge in [-0.1, -0.05) is 32.9 Å². The molecule has 0 heterocycles. The number of hydrogen-bond donors (Lipinski definition) is 2. The first-order valence-electron chi connectivity index (χ1n) is 7.98. The van der Waals surface area contributed by atoms with E-state index in [2.05, 4.69) is 31.4 Å². The van der Waals surface area contributed by atoms with Gasteiger partial charge in [0.1, 0.15) is 6.42 Å². The minimum Gasteiger partial charge on any atom is -0.325 e. The Balaban J connectivity index is 2.01. The van der Waals surface area contributed by atoms with Crippen molar-refractivity contribution >= 4 is 23.2 Å². The molecule has 5 nitrogen and oxygen atoms in total. The van der Waals surface area contributed by atoms with Crippen molar-refractivity contribution in [3.8, 4) is 6.07 Å². The Bertz CT molecular complexity index is 795. The Morgan fingerprint density at radius 2 is 1.44 bits per heavy atom. The summed E-state index contributed by atoms with van der Waals surface area (Å²) in [4.78, 5) is 23.7. The number of anilines is 2. The summed E-state index contributed by atoms with van der Waals surface area (Å²) in [6, 6.07) is 16.1. The van der Waals surface area contributed by atoms with Crippen LogP contribution < -0.4 is 10.6 Å². The highest BCUT2D eigenvalue weighted by Crippen LogP contribution is 2.22. The summed E-state index contributed by atoms with van der Waals surface area (Å²) in [6.45, 7) is 6.37. The third-order valence-electron chi connectivity index (χ3n) is 3.68. The van der Waals surface area contributed by atoms with Gasteiger partial charge in [0, 0.05) is 16.9 Å². The van der Waals surface area contributed by atoms with E-state index >= 15 is 0 Å². The molecule has 0 bridgehead atoms. The summed E-state index contributed by atoms with van der Waals surface area (Å²) in [5.74, 6) is -0.556. The Kier molecular flexibility index (Phi) is 5.56. The molecular weight excluding hydrogens is 314 g/mol. The minimum absolute atomic E-state index is 0.0425. The summed E-state index contributed by atoms with van der Waals surface area (Å²) >= 11 is 0. The fourth-order valence-corrected chi connectivity index (χ4v) is 2.24. The highest BCUT2D eigenvalue weighted by atomic mass is 16.2. The summed E-state index contributed by atoms with van der Waals surface area (Å²) in [5, 5.41) is 13.9. The van der Waals surface area contributed by atoms with Crippen molar-refractivity contribution < 1.29 is 9.59 Å². The van der Waals surface area contributed by atoms with Gasteiger partial charge >= 0.3 is 0 Å². The van der Waals surface area contributed by atoms with E-state index in [0.29, 0.717) is 16.9 Å². The summed E-state index contributed by atoms with van der Waals surface area (Å²) < 4.78 is 0. The maximum Gasteiger partial charge on any atom is 0.255 e. The highest BCUT2D eigenvalue weighted by molar-refractivity contribution is 6.04. The fraction of sp³-hybridized carbons (Fsp3) is 0.250. The first-order chi connectivity index (χ1) is 11.8. The second-order valence-corrected chi connectivity index (χ2v) is 6.74. The van der Waals surface area contributed by atoms with Gasteiger partial charge in [-0.15, -0.1) is 0 Å². The third-order valence-corrected chi connectivity index (χ3v) is 3.68. The Hall–Kier alpha value is -3.13. The van der Waals surface area contributed by atoms with Crippen LogP contribution in [0.3, 0.4) is 0 Å². The van der Waals surface area contributed by atoms with Gasteiger partial charge in [-0.3, -0.25) is 9.59 Å². The van der Waals surface area contributed by atoms with Crippen molar-refractivity contribution in [2.24, 2.45) is 0 Å². The van der Waals surface area contributed by atoms with Crippen molar-refractivity contribution in [3.05, 3.63) is 59.7 Å². The van der Waals surface area contributed by atoms with E-state index in [4.69, 9.17) is 5.26 Å². The van der Waals surface area contributed by atoms with E-state index in [1.807, 2.05) is 24.3 Å². The summed E-state index contributed by atoms with van der Waals surface area (Å²) in [7, 11) is 0. The molecule has 0 unspecified atom stereocenters. The topological polar surface area (TPSA) is 82.0 Å². The maximum atomic E-state index is 12.3. The second-order valence-electron chi connectivity index (χ2n) is 6.74. The van der Waals surface area contributed by atoms with Crippen molar-refractivity contribution in [1.29, 1.82) is 5.26 Å². The first-order valence-corrected chi connectivity index (χ1v) is 7.98. The quantitative estimate of drug-likeness (QED) is 0.883. The van der Waals surface area contributed by atoms with Crippen LogP contribution in [0, 0.1) is 11.3 Å². The minimum atomic E-state index is -0.363. The maximum absolute atomic E-state index is 12.3. The molecular formula is C20H21N3O2. The van der Waals surface area contributed by atoms with E-state index in [-0.39, 0.29) is 23.7 Å².